The predicted octanol–water partition coefficient (Wildman–Crippen LogP) is 6.38. The molecule has 0 bridgehead atoms. The van der Waals surface area contributed by atoms with Crippen LogP contribution in [0.1, 0.15) is 42.0 Å². The molecular formula is C29H35ClN2O. The molecule has 1 unspecified atom stereocenters. The summed E-state index contributed by atoms with van der Waals surface area (Å²) >= 11 is 6.06. The van der Waals surface area contributed by atoms with Gasteiger partial charge >= 0.3 is 0 Å². The van der Waals surface area contributed by atoms with Crippen LogP contribution < -0.4 is 10.6 Å². The number of rotatable bonds is 12. The number of halogens is 1. The number of nitrogens with two attached hydrogens (primary N) is 1. The third-order valence-corrected chi connectivity index (χ3v) is 6.45. The van der Waals surface area contributed by atoms with Crippen LogP contribution in [-0.2, 0) is 24.2 Å². The van der Waals surface area contributed by atoms with Crippen molar-refractivity contribution in [2.45, 2.75) is 46.1 Å². The standard InChI is InChI=1S/C29H35ClN2O/c1-22-6-3-4-9-28(22)32(20-26-14-16-27(30)17-15-26)21-29(33)23(2)7-5-8-24-10-12-25(13-11-24)18-19-31/h3-4,6,9-17,23H,5,7-8,18-21,31H2,1-2H3. The minimum atomic E-state index is 0.0262. The number of hydrogen-bond donors (Lipinski definition) is 1. The Morgan fingerprint density at radius 2 is 1.52 bits per heavy atom. The molecule has 2 N–H and O–H groups in total. The molecule has 0 aliphatic heterocycles. The van der Waals surface area contributed by atoms with Crippen molar-refractivity contribution in [3.63, 3.8) is 0 Å². The van der Waals surface area contributed by atoms with Gasteiger partial charge in [-0.25, -0.2) is 0 Å². The van der Waals surface area contributed by atoms with E-state index in [0.29, 0.717) is 19.6 Å². The van der Waals surface area contributed by atoms with Crippen LogP contribution in [0, 0.1) is 12.8 Å². The van der Waals surface area contributed by atoms with E-state index in [2.05, 4.69) is 55.1 Å². The number of anilines is 1. The Bertz CT molecular complexity index is 1010. The lowest BCUT2D eigenvalue weighted by molar-refractivity contribution is -0.121. The maximum absolute atomic E-state index is 13.2. The monoisotopic (exact) mass is 462 g/mol. The zero-order chi connectivity index (χ0) is 23.6. The van der Waals surface area contributed by atoms with E-state index in [1.807, 2.05) is 36.4 Å². The molecule has 3 aromatic carbocycles. The minimum absolute atomic E-state index is 0.0262. The summed E-state index contributed by atoms with van der Waals surface area (Å²) in [4.78, 5) is 15.4. The molecule has 0 amide bonds. The fourth-order valence-corrected chi connectivity index (χ4v) is 4.24. The highest BCUT2D eigenvalue weighted by Gasteiger charge is 2.19. The van der Waals surface area contributed by atoms with Gasteiger partial charge in [-0.1, -0.05) is 73.1 Å². The van der Waals surface area contributed by atoms with Crippen LogP contribution in [0.15, 0.2) is 72.8 Å². The van der Waals surface area contributed by atoms with Crippen molar-refractivity contribution in [3.8, 4) is 0 Å². The molecule has 0 spiro atoms. The van der Waals surface area contributed by atoms with E-state index in [0.717, 1.165) is 42.0 Å². The lowest BCUT2D eigenvalue weighted by Crippen LogP contribution is -2.32. The summed E-state index contributed by atoms with van der Waals surface area (Å²) in [6, 6.07) is 24.8. The zero-order valence-electron chi connectivity index (χ0n) is 19.8. The van der Waals surface area contributed by atoms with Crippen LogP contribution in [0.25, 0.3) is 0 Å². The number of hydrogen-bond acceptors (Lipinski definition) is 3. The average Bonchev–Trinajstić information content (AvgIpc) is 2.81. The van der Waals surface area contributed by atoms with E-state index in [1.165, 1.54) is 16.7 Å². The number of para-hydroxylation sites is 1. The third kappa shape index (κ3) is 7.73. The predicted molar refractivity (Wildman–Crippen MR) is 140 cm³/mol. The maximum atomic E-state index is 13.2. The smallest absolute Gasteiger partial charge is 0.154 e. The second kappa shape index (κ2) is 12.6. The molecule has 1 atom stereocenters. The number of nitrogens with zero attached hydrogens (tertiary/aromatic N) is 1. The van der Waals surface area contributed by atoms with Crippen molar-refractivity contribution in [1.29, 1.82) is 0 Å². The number of carbonyl (C=O) groups is 1. The maximum Gasteiger partial charge on any atom is 0.154 e. The summed E-state index contributed by atoms with van der Waals surface area (Å²) in [6.07, 6.45) is 3.81. The van der Waals surface area contributed by atoms with E-state index in [1.54, 1.807) is 0 Å². The van der Waals surface area contributed by atoms with Gasteiger partial charge in [0, 0.05) is 23.2 Å². The molecule has 0 radical (unpaired) electrons. The van der Waals surface area contributed by atoms with Crippen molar-refractivity contribution in [2.75, 3.05) is 18.0 Å². The van der Waals surface area contributed by atoms with Gasteiger partial charge in [-0.3, -0.25) is 4.79 Å². The first-order valence-electron chi connectivity index (χ1n) is 11.8. The van der Waals surface area contributed by atoms with Crippen LogP contribution in [0.3, 0.4) is 0 Å². The molecule has 0 aliphatic rings. The Hall–Kier alpha value is -2.62. The van der Waals surface area contributed by atoms with E-state index in [9.17, 15) is 4.79 Å². The van der Waals surface area contributed by atoms with Crippen molar-refractivity contribution in [2.24, 2.45) is 11.7 Å². The quantitative estimate of drug-likeness (QED) is 0.339. The third-order valence-electron chi connectivity index (χ3n) is 6.20. The summed E-state index contributed by atoms with van der Waals surface area (Å²) < 4.78 is 0. The fourth-order valence-electron chi connectivity index (χ4n) is 4.11. The van der Waals surface area contributed by atoms with Gasteiger partial charge in [-0.2, -0.15) is 0 Å². The Balaban J connectivity index is 1.59. The molecule has 174 valence electrons. The van der Waals surface area contributed by atoms with E-state index in [4.69, 9.17) is 17.3 Å². The van der Waals surface area contributed by atoms with Crippen molar-refractivity contribution >= 4 is 23.1 Å². The first-order chi connectivity index (χ1) is 16.0. The van der Waals surface area contributed by atoms with Gasteiger partial charge in [0.05, 0.1) is 6.54 Å². The molecule has 0 saturated heterocycles. The van der Waals surface area contributed by atoms with Gasteiger partial charge < -0.3 is 10.6 Å². The van der Waals surface area contributed by atoms with Gasteiger partial charge in [0.1, 0.15) is 0 Å². The number of benzene rings is 3. The highest BCUT2D eigenvalue weighted by Crippen LogP contribution is 2.23. The number of aryl methyl sites for hydroxylation is 2. The number of carbonyl (C=O) groups excluding carboxylic acids is 1. The van der Waals surface area contributed by atoms with Crippen LogP contribution >= 0.6 is 11.6 Å². The fraction of sp³-hybridized carbons (Fsp3) is 0.345. The van der Waals surface area contributed by atoms with Crippen molar-refractivity contribution in [1.82, 2.24) is 0 Å². The Morgan fingerprint density at radius 1 is 0.909 bits per heavy atom. The normalized spacial score (nSPS) is 11.9. The summed E-state index contributed by atoms with van der Waals surface area (Å²) in [7, 11) is 0. The van der Waals surface area contributed by atoms with E-state index in [-0.39, 0.29) is 11.7 Å². The molecule has 0 saturated carbocycles. The average molecular weight is 463 g/mol. The molecular weight excluding hydrogens is 428 g/mol. The molecule has 3 rings (SSSR count). The minimum Gasteiger partial charge on any atom is -0.360 e. The van der Waals surface area contributed by atoms with Crippen LogP contribution in [0.5, 0.6) is 0 Å². The molecule has 3 nitrogen and oxygen atoms in total. The molecule has 0 aromatic heterocycles. The second-order valence-corrected chi connectivity index (χ2v) is 9.32. The van der Waals surface area contributed by atoms with Crippen LogP contribution in [-0.4, -0.2) is 18.9 Å². The highest BCUT2D eigenvalue weighted by molar-refractivity contribution is 6.30. The Kier molecular flexibility index (Phi) is 9.53. The van der Waals surface area contributed by atoms with Gasteiger partial charge in [-0.15, -0.1) is 0 Å². The lowest BCUT2D eigenvalue weighted by atomic mass is 9.96. The Morgan fingerprint density at radius 3 is 2.15 bits per heavy atom. The zero-order valence-corrected chi connectivity index (χ0v) is 20.5. The van der Waals surface area contributed by atoms with E-state index >= 15 is 0 Å². The topological polar surface area (TPSA) is 46.3 Å². The second-order valence-electron chi connectivity index (χ2n) is 8.88. The summed E-state index contributed by atoms with van der Waals surface area (Å²) in [6.45, 7) is 5.91. The van der Waals surface area contributed by atoms with Crippen molar-refractivity contribution < 1.29 is 4.79 Å². The first kappa shape index (κ1) is 25.0. The van der Waals surface area contributed by atoms with Gasteiger partial charge in [0.2, 0.25) is 0 Å². The van der Waals surface area contributed by atoms with Gasteiger partial charge in [0.25, 0.3) is 0 Å². The Labute approximate surface area is 203 Å². The SMILES string of the molecule is Cc1ccccc1N(CC(=O)C(C)CCCc1ccc(CCN)cc1)Cc1ccc(Cl)cc1. The molecule has 3 aromatic rings. The highest BCUT2D eigenvalue weighted by atomic mass is 35.5. The van der Waals surface area contributed by atoms with E-state index < -0.39 is 0 Å². The number of Topliss-reactive ketones (excluding diaryl/α,β-unsaturated/α-hetero) is 1. The molecule has 33 heavy (non-hydrogen) atoms. The summed E-state index contributed by atoms with van der Waals surface area (Å²) in [5.74, 6) is 0.309. The lowest BCUT2D eigenvalue weighted by Gasteiger charge is -2.27. The van der Waals surface area contributed by atoms with Crippen LogP contribution in [0.4, 0.5) is 5.69 Å². The summed E-state index contributed by atoms with van der Waals surface area (Å²) in [5.41, 5.74) is 11.6. The molecule has 4 heteroatoms. The largest absolute Gasteiger partial charge is 0.360 e. The van der Waals surface area contributed by atoms with Crippen LogP contribution in [0.2, 0.25) is 5.02 Å². The van der Waals surface area contributed by atoms with Gasteiger partial charge in [-0.05, 0) is 79.6 Å². The number of ketones is 1. The summed E-state index contributed by atoms with van der Waals surface area (Å²) in [5, 5.41) is 0.722. The van der Waals surface area contributed by atoms with Gasteiger partial charge in [0.15, 0.2) is 5.78 Å². The molecule has 0 aliphatic carbocycles. The van der Waals surface area contributed by atoms with Crippen molar-refractivity contribution in [3.05, 3.63) is 100 Å². The first-order valence-corrected chi connectivity index (χ1v) is 12.2. The molecule has 0 fully saturated rings. The molecule has 0 heterocycles.